The highest BCUT2D eigenvalue weighted by Gasteiger charge is 2.26. The molecule has 1 aromatic heterocycles. The third-order valence-electron chi connectivity index (χ3n) is 5.62. The minimum atomic E-state index is -0.368. The van der Waals surface area contributed by atoms with Crippen LogP contribution in [0.15, 0.2) is 60.6 Å². The topological polar surface area (TPSA) is 58.4 Å². The highest BCUT2D eigenvalue weighted by atomic mass is 19.1. The lowest BCUT2D eigenvalue weighted by Crippen LogP contribution is -2.40. The number of Topliss-reactive ketones (excluding diaryl/α,β-unsaturated/α-hetero) is 1. The van der Waals surface area contributed by atoms with E-state index >= 15 is 0 Å². The summed E-state index contributed by atoms with van der Waals surface area (Å²) in [6, 6.07) is 5.54. The molecule has 4 rings (SSSR count). The Kier molecular flexibility index (Phi) is 5.84. The van der Waals surface area contributed by atoms with E-state index in [-0.39, 0.29) is 24.1 Å². The molecule has 0 N–H and O–H groups in total. The van der Waals surface area contributed by atoms with Crippen molar-refractivity contribution in [3.63, 3.8) is 0 Å². The van der Waals surface area contributed by atoms with Gasteiger partial charge in [-0.25, -0.2) is 4.39 Å². The summed E-state index contributed by atoms with van der Waals surface area (Å²) in [6.45, 7) is 3.22. The molecule has 1 amide bonds. The molecule has 6 nitrogen and oxygen atoms in total. The maximum absolute atomic E-state index is 13.2. The molecule has 0 bridgehead atoms. The average molecular weight is 420 g/mol. The van der Waals surface area contributed by atoms with Crippen LogP contribution in [-0.2, 0) is 7.05 Å². The first-order valence-electron chi connectivity index (χ1n) is 10.3. The average Bonchev–Trinajstić information content (AvgIpc) is 3.16. The maximum atomic E-state index is 13.2. The van der Waals surface area contributed by atoms with E-state index in [9.17, 15) is 14.0 Å². The van der Waals surface area contributed by atoms with E-state index < -0.39 is 0 Å². The predicted octanol–water partition coefficient (Wildman–Crippen LogP) is 3.79. The van der Waals surface area contributed by atoms with Gasteiger partial charge in [0.1, 0.15) is 5.82 Å². The van der Waals surface area contributed by atoms with Gasteiger partial charge < -0.3 is 9.80 Å². The third kappa shape index (κ3) is 4.50. The van der Waals surface area contributed by atoms with Crippen molar-refractivity contribution in [2.24, 2.45) is 7.05 Å². The van der Waals surface area contributed by atoms with Crippen LogP contribution in [0.4, 0.5) is 4.39 Å². The van der Waals surface area contributed by atoms with Gasteiger partial charge in [0.2, 0.25) is 0 Å². The number of benzene rings is 1. The fourth-order valence-corrected chi connectivity index (χ4v) is 3.91. The van der Waals surface area contributed by atoms with Crippen LogP contribution in [0.3, 0.4) is 0 Å². The van der Waals surface area contributed by atoms with Crippen molar-refractivity contribution >= 4 is 17.3 Å². The van der Waals surface area contributed by atoms with Crippen molar-refractivity contribution in [3.8, 4) is 0 Å². The lowest BCUT2D eigenvalue weighted by molar-refractivity contribution is 0.0785. The van der Waals surface area contributed by atoms with Crippen LogP contribution in [0.2, 0.25) is 0 Å². The Hall–Kier alpha value is -3.48. The molecule has 160 valence electrons. The largest absolute Gasteiger partial charge is 0.367 e. The second kappa shape index (κ2) is 8.71. The maximum Gasteiger partial charge on any atom is 0.279 e. The van der Waals surface area contributed by atoms with Gasteiger partial charge >= 0.3 is 0 Å². The summed E-state index contributed by atoms with van der Waals surface area (Å²) in [7, 11) is 1.82. The molecule has 2 aromatic rings. The van der Waals surface area contributed by atoms with Gasteiger partial charge in [-0.1, -0.05) is 12.2 Å². The lowest BCUT2D eigenvalue weighted by atomic mass is 9.92. The summed E-state index contributed by atoms with van der Waals surface area (Å²) in [6.07, 6.45) is 11.4. The number of ketones is 1. The fourth-order valence-electron chi connectivity index (χ4n) is 3.91. The molecule has 2 aliphatic rings. The minimum Gasteiger partial charge on any atom is -0.367 e. The molecular formula is C24H25FN4O2. The van der Waals surface area contributed by atoms with Gasteiger partial charge in [-0.15, -0.1) is 0 Å². The van der Waals surface area contributed by atoms with Crippen molar-refractivity contribution in [2.75, 3.05) is 19.6 Å². The van der Waals surface area contributed by atoms with Gasteiger partial charge in [0, 0.05) is 49.9 Å². The van der Waals surface area contributed by atoms with Gasteiger partial charge in [-0.05, 0) is 55.2 Å². The highest BCUT2D eigenvalue weighted by molar-refractivity contribution is 5.99. The van der Waals surface area contributed by atoms with E-state index in [0.29, 0.717) is 24.3 Å². The minimum absolute atomic E-state index is 0.0933. The van der Waals surface area contributed by atoms with Crippen molar-refractivity contribution in [1.29, 1.82) is 0 Å². The first kappa shape index (κ1) is 20.8. The van der Waals surface area contributed by atoms with E-state index in [1.54, 1.807) is 22.0 Å². The Morgan fingerprint density at radius 1 is 1.13 bits per heavy atom. The zero-order valence-corrected chi connectivity index (χ0v) is 17.7. The third-order valence-corrected chi connectivity index (χ3v) is 5.62. The number of carbonyl (C=O) groups excluding carboxylic acids is 2. The Labute approximate surface area is 180 Å². The first-order chi connectivity index (χ1) is 14.9. The molecule has 0 atom stereocenters. The standard InChI is InChI=1S/C24H25FN4O2/c1-17-5-3-4-6-20(17)21-15-27(2)26-23(21)24(31)29-13-11-28(12-14-29)16-22(30)18-7-9-19(25)10-8-18/h3,5,7-11,13,15H,4,6,12,14,16H2,1-2H3. The Bertz CT molecular complexity index is 1100. The van der Waals surface area contributed by atoms with Crippen molar-refractivity contribution < 1.29 is 14.0 Å². The monoisotopic (exact) mass is 420 g/mol. The molecule has 1 aliphatic carbocycles. The smallest absolute Gasteiger partial charge is 0.279 e. The van der Waals surface area contributed by atoms with Gasteiger partial charge in [0.25, 0.3) is 5.91 Å². The predicted molar refractivity (Wildman–Crippen MR) is 117 cm³/mol. The van der Waals surface area contributed by atoms with E-state index in [1.165, 1.54) is 24.3 Å². The van der Waals surface area contributed by atoms with Crippen LogP contribution in [0.25, 0.3) is 5.57 Å². The van der Waals surface area contributed by atoms with Crippen molar-refractivity contribution in [3.05, 3.63) is 83.2 Å². The number of aromatic nitrogens is 2. The molecule has 0 unspecified atom stereocenters. The molecule has 7 heteroatoms. The quantitative estimate of drug-likeness (QED) is 0.691. The summed E-state index contributed by atoms with van der Waals surface area (Å²) in [5.74, 6) is -0.608. The van der Waals surface area contributed by atoms with Gasteiger partial charge in [0.05, 0.1) is 6.54 Å². The summed E-state index contributed by atoms with van der Waals surface area (Å²) >= 11 is 0. The summed E-state index contributed by atoms with van der Waals surface area (Å²) < 4.78 is 14.7. The van der Waals surface area contributed by atoms with Crippen LogP contribution < -0.4 is 0 Å². The summed E-state index contributed by atoms with van der Waals surface area (Å²) in [4.78, 5) is 29.1. The summed E-state index contributed by atoms with van der Waals surface area (Å²) in [5.41, 5.74) is 4.13. The lowest BCUT2D eigenvalue weighted by Gasteiger charge is -2.29. The van der Waals surface area contributed by atoms with Crippen molar-refractivity contribution in [1.82, 2.24) is 19.6 Å². The molecule has 2 heterocycles. The van der Waals surface area contributed by atoms with Gasteiger partial charge in [-0.3, -0.25) is 14.3 Å². The molecule has 1 aromatic carbocycles. The molecule has 1 aliphatic heterocycles. The van der Waals surface area contributed by atoms with Crippen molar-refractivity contribution in [2.45, 2.75) is 19.8 Å². The number of allylic oxidation sites excluding steroid dienone is 4. The van der Waals surface area contributed by atoms with Crippen LogP contribution in [0.5, 0.6) is 0 Å². The molecule has 0 radical (unpaired) electrons. The second-order valence-corrected chi connectivity index (χ2v) is 7.86. The second-order valence-electron chi connectivity index (χ2n) is 7.86. The van der Waals surface area contributed by atoms with E-state index in [4.69, 9.17) is 0 Å². The first-order valence-corrected chi connectivity index (χ1v) is 10.3. The van der Waals surface area contributed by atoms with Crippen LogP contribution >= 0.6 is 0 Å². The summed E-state index contributed by atoms with van der Waals surface area (Å²) in [5, 5.41) is 4.44. The number of rotatable bonds is 5. The molecule has 0 saturated carbocycles. The highest BCUT2D eigenvalue weighted by Crippen LogP contribution is 2.30. The number of hydrogen-bond donors (Lipinski definition) is 0. The Morgan fingerprint density at radius 2 is 1.90 bits per heavy atom. The number of hydrogen-bond acceptors (Lipinski definition) is 4. The molecule has 0 saturated heterocycles. The Morgan fingerprint density at radius 3 is 2.58 bits per heavy atom. The number of carbonyl (C=O) groups is 2. The van der Waals surface area contributed by atoms with Crippen LogP contribution in [-0.4, -0.2) is 50.9 Å². The van der Waals surface area contributed by atoms with Crippen LogP contribution in [0, 0.1) is 5.82 Å². The van der Waals surface area contributed by atoms with Gasteiger partial charge in [-0.2, -0.15) is 5.10 Å². The Balaban J connectivity index is 1.46. The number of nitrogens with zero attached hydrogens (tertiary/aromatic N) is 4. The molecule has 31 heavy (non-hydrogen) atoms. The zero-order chi connectivity index (χ0) is 22.0. The normalized spacial score (nSPS) is 16.2. The van der Waals surface area contributed by atoms with E-state index in [0.717, 1.165) is 29.6 Å². The zero-order valence-electron chi connectivity index (χ0n) is 17.7. The van der Waals surface area contributed by atoms with Crippen LogP contribution in [0.1, 0.15) is 46.2 Å². The van der Waals surface area contributed by atoms with E-state index in [2.05, 4.69) is 24.2 Å². The number of amides is 1. The van der Waals surface area contributed by atoms with E-state index in [1.807, 2.05) is 18.1 Å². The SMILES string of the molecule is CC1=C(c2cn(C)nc2C(=O)N2C=CN(CC(=O)c3ccc(F)cc3)CC2)CCC=C1. The van der Waals surface area contributed by atoms with Gasteiger partial charge in [0.15, 0.2) is 11.5 Å². The molecular weight excluding hydrogens is 395 g/mol. The number of aryl methyl sites for hydroxylation is 1. The fraction of sp³-hybridized carbons (Fsp3) is 0.292. The molecule has 0 spiro atoms. The number of halogens is 1. The molecule has 0 fully saturated rings.